The Bertz CT molecular complexity index is 756. The number of carbonyl (C=O) groups excluding carboxylic acids is 1. The predicted molar refractivity (Wildman–Crippen MR) is 89.7 cm³/mol. The number of carbonyl (C=O) groups is 1. The van der Waals surface area contributed by atoms with Crippen LogP contribution in [0, 0.1) is 3.57 Å². The van der Waals surface area contributed by atoms with Gasteiger partial charge in [0.05, 0.1) is 4.90 Å². The first-order valence-corrected chi connectivity index (χ1v) is 8.58. The van der Waals surface area contributed by atoms with Crippen molar-refractivity contribution in [2.45, 2.75) is 4.90 Å². The van der Waals surface area contributed by atoms with Gasteiger partial charge in [0, 0.05) is 21.9 Å². The lowest BCUT2D eigenvalue weighted by atomic mass is 10.2. The molecular weight excluding hydrogens is 403 g/mol. The van der Waals surface area contributed by atoms with Crippen molar-refractivity contribution in [3.8, 4) is 0 Å². The maximum atomic E-state index is 12.3. The van der Waals surface area contributed by atoms with E-state index in [0.29, 0.717) is 11.3 Å². The van der Waals surface area contributed by atoms with Gasteiger partial charge in [0.2, 0.25) is 10.0 Å². The second-order valence-corrected chi connectivity index (χ2v) is 7.22. The topological polar surface area (TPSA) is 80.5 Å². The maximum absolute atomic E-state index is 12.3. The van der Waals surface area contributed by atoms with Crippen LogP contribution in [0.1, 0.15) is 10.4 Å². The molecule has 2 N–H and O–H groups in total. The molecule has 2 aromatic carbocycles. The molecule has 0 fully saturated rings. The molecule has 2 aromatic rings. The van der Waals surface area contributed by atoms with Crippen LogP contribution in [-0.4, -0.2) is 21.4 Å². The highest BCUT2D eigenvalue weighted by atomic mass is 127. The zero-order valence-corrected chi connectivity index (χ0v) is 14.1. The summed E-state index contributed by atoms with van der Waals surface area (Å²) in [5.41, 5.74) is 1.15. The van der Waals surface area contributed by atoms with E-state index in [1.54, 1.807) is 31.3 Å². The van der Waals surface area contributed by atoms with Gasteiger partial charge in [-0.3, -0.25) is 4.79 Å². The van der Waals surface area contributed by atoms with Crippen LogP contribution in [0.4, 0.5) is 5.69 Å². The fourth-order valence-electron chi connectivity index (χ4n) is 1.76. The number of halogens is 1. The summed E-state index contributed by atoms with van der Waals surface area (Å²) in [6, 6.07) is 13.1. The Hall–Kier alpha value is -1.45. The van der Waals surface area contributed by atoms with E-state index in [-0.39, 0.29) is 10.8 Å². The fraction of sp³-hybridized carbons (Fsp3) is 0.0714. The van der Waals surface area contributed by atoms with Gasteiger partial charge < -0.3 is 4.90 Å². The Morgan fingerprint density at radius 1 is 1.05 bits per heavy atom. The smallest absolute Gasteiger partial charge is 0.258 e. The van der Waals surface area contributed by atoms with Crippen molar-refractivity contribution in [1.29, 1.82) is 0 Å². The first kappa shape index (κ1) is 15.9. The Kier molecular flexibility index (Phi) is 4.64. The van der Waals surface area contributed by atoms with E-state index in [0.717, 1.165) is 3.57 Å². The number of amides is 1. The molecule has 1 amide bonds. The minimum absolute atomic E-state index is 0.0152. The number of nitrogens with zero attached hydrogens (tertiary/aromatic N) is 1. The lowest BCUT2D eigenvalue weighted by molar-refractivity contribution is 0.0993. The third-order valence-corrected chi connectivity index (χ3v) is 4.60. The van der Waals surface area contributed by atoms with Crippen molar-refractivity contribution < 1.29 is 13.2 Å². The first-order valence-electron chi connectivity index (χ1n) is 5.95. The van der Waals surface area contributed by atoms with Crippen molar-refractivity contribution in [3.63, 3.8) is 0 Å². The fourth-order valence-corrected chi connectivity index (χ4v) is 2.64. The summed E-state index contributed by atoms with van der Waals surface area (Å²) in [4.78, 5) is 13.8. The second-order valence-electron chi connectivity index (χ2n) is 4.41. The van der Waals surface area contributed by atoms with E-state index in [1.807, 2.05) is 12.1 Å². The number of hydrogen-bond donors (Lipinski definition) is 1. The van der Waals surface area contributed by atoms with Crippen LogP contribution in [0.25, 0.3) is 0 Å². The molecule has 0 aliphatic heterocycles. The van der Waals surface area contributed by atoms with E-state index in [9.17, 15) is 13.2 Å². The van der Waals surface area contributed by atoms with Gasteiger partial charge in [-0.15, -0.1) is 0 Å². The van der Waals surface area contributed by atoms with E-state index in [2.05, 4.69) is 22.6 Å². The monoisotopic (exact) mass is 416 g/mol. The molecule has 0 saturated carbocycles. The van der Waals surface area contributed by atoms with Crippen molar-refractivity contribution in [2.75, 3.05) is 11.9 Å². The number of hydrogen-bond acceptors (Lipinski definition) is 3. The van der Waals surface area contributed by atoms with Gasteiger partial charge in [0.15, 0.2) is 0 Å². The molecule has 0 unspecified atom stereocenters. The molecule has 110 valence electrons. The molecule has 0 aliphatic rings. The number of benzene rings is 2. The van der Waals surface area contributed by atoms with Gasteiger partial charge in [0.25, 0.3) is 5.91 Å². The van der Waals surface area contributed by atoms with Gasteiger partial charge in [-0.2, -0.15) is 0 Å². The minimum atomic E-state index is -3.73. The number of sulfonamides is 1. The predicted octanol–water partition coefficient (Wildman–Crippen LogP) is 2.22. The molecule has 0 aliphatic carbocycles. The van der Waals surface area contributed by atoms with E-state index in [1.165, 1.54) is 17.0 Å². The largest absolute Gasteiger partial charge is 0.311 e. The molecule has 0 atom stereocenters. The molecule has 0 radical (unpaired) electrons. The SMILES string of the molecule is CN(C(=O)c1ccc(I)cc1)c1ccc(S(N)(=O)=O)cc1. The van der Waals surface area contributed by atoms with Gasteiger partial charge in [0.1, 0.15) is 0 Å². The number of primary sulfonamides is 1. The zero-order valence-electron chi connectivity index (χ0n) is 11.2. The van der Waals surface area contributed by atoms with Gasteiger partial charge in [-0.25, -0.2) is 13.6 Å². The van der Waals surface area contributed by atoms with Crippen LogP contribution in [0.5, 0.6) is 0 Å². The number of rotatable bonds is 3. The number of nitrogens with two attached hydrogens (primary N) is 1. The van der Waals surface area contributed by atoms with Crippen LogP contribution >= 0.6 is 22.6 Å². The molecule has 21 heavy (non-hydrogen) atoms. The summed E-state index contributed by atoms with van der Waals surface area (Å²) >= 11 is 2.17. The van der Waals surface area contributed by atoms with Crippen molar-refractivity contribution in [1.82, 2.24) is 0 Å². The average molecular weight is 416 g/mol. The molecule has 0 spiro atoms. The molecule has 0 saturated heterocycles. The van der Waals surface area contributed by atoms with E-state index in [4.69, 9.17) is 5.14 Å². The molecular formula is C14H13IN2O3S. The molecule has 0 heterocycles. The summed E-state index contributed by atoms with van der Waals surface area (Å²) in [5, 5.41) is 5.04. The summed E-state index contributed by atoms with van der Waals surface area (Å²) in [5.74, 6) is -0.172. The maximum Gasteiger partial charge on any atom is 0.258 e. The summed E-state index contributed by atoms with van der Waals surface area (Å²) in [7, 11) is -2.10. The zero-order chi connectivity index (χ0) is 15.6. The summed E-state index contributed by atoms with van der Waals surface area (Å²) in [6.45, 7) is 0. The van der Waals surface area contributed by atoms with Gasteiger partial charge in [-0.1, -0.05) is 0 Å². The lowest BCUT2D eigenvalue weighted by Crippen LogP contribution is -2.26. The molecule has 7 heteroatoms. The minimum Gasteiger partial charge on any atom is -0.311 e. The van der Waals surface area contributed by atoms with Gasteiger partial charge >= 0.3 is 0 Å². The quantitative estimate of drug-likeness (QED) is 0.780. The van der Waals surface area contributed by atoms with E-state index >= 15 is 0 Å². The highest BCUT2D eigenvalue weighted by Crippen LogP contribution is 2.18. The lowest BCUT2D eigenvalue weighted by Gasteiger charge is -2.17. The normalized spacial score (nSPS) is 11.2. The molecule has 5 nitrogen and oxygen atoms in total. The van der Waals surface area contributed by atoms with E-state index < -0.39 is 10.0 Å². The third kappa shape index (κ3) is 3.80. The second kappa shape index (κ2) is 6.12. The highest BCUT2D eigenvalue weighted by Gasteiger charge is 2.14. The Labute approximate surface area is 137 Å². The molecule has 2 rings (SSSR count). The first-order chi connectivity index (χ1) is 9.79. The van der Waals surface area contributed by atoms with Crippen LogP contribution in [-0.2, 0) is 10.0 Å². The Morgan fingerprint density at radius 3 is 2.05 bits per heavy atom. The Balaban J connectivity index is 2.25. The summed E-state index contributed by atoms with van der Waals surface area (Å²) in [6.07, 6.45) is 0. The van der Waals surface area contributed by atoms with Crippen LogP contribution < -0.4 is 10.0 Å². The average Bonchev–Trinajstić information content (AvgIpc) is 2.46. The standard InChI is InChI=1S/C14H13IN2O3S/c1-17(14(18)10-2-4-11(15)5-3-10)12-6-8-13(9-7-12)21(16,19)20/h2-9H,1H3,(H2,16,19,20). The van der Waals surface area contributed by atoms with Crippen LogP contribution in [0.2, 0.25) is 0 Å². The van der Waals surface area contributed by atoms with Crippen molar-refractivity contribution >= 4 is 44.2 Å². The van der Waals surface area contributed by atoms with Crippen LogP contribution in [0.3, 0.4) is 0 Å². The summed E-state index contributed by atoms with van der Waals surface area (Å²) < 4.78 is 23.4. The molecule has 0 bridgehead atoms. The highest BCUT2D eigenvalue weighted by molar-refractivity contribution is 14.1. The number of anilines is 1. The van der Waals surface area contributed by atoms with Crippen molar-refractivity contribution in [3.05, 3.63) is 57.7 Å². The van der Waals surface area contributed by atoms with Gasteiger partial charge in [-0.05, 0) is 71.1 Å². The third-order valence-electron chi connectivity index (χ3n) is 2.95. The van der Waals surface area contributed by atoms with Crippen LogP contribution in [0.15, 0.2) is 53.4 Å². The molecule has 0 aromatic heterocycles. The Morgan fingerprint density at radius 2 is 1.57 bits per heavy atom. The van der Waals surface area contributed by atoms with Crippen molar-refractivity contribution in [2.24, 2.45) is 5.14 Å².